The first kappa shape index (κ1) is 12.5. The Morgan fingerprint density at radius 1 is 1.50 bits per heavy atom. The SMILES string of the molecule is Cc1[nH]nc(CN)c1S(=O)(=O)Nc1cccnn1. The standard InChI is InChI=1S/C9H12N6O2S/c1-6-9(7(5-10)13-12-6)18(16,17)15-8-3-2-4-11-14-8/h2-4H,5,10H2,1H3,(H,12,13)(H,14,15). The highest BCUT2D eigenvalue weighted by Gasteiger charge is 2.24. The van der Waals surface area contributed by atoms with Crippen molar-refractivity contribution in [2.45, 2.75) is 18.4 Å². The van der Waals surface area contributed by atoms with Crippen LogP contribution in [0.4, 0.5) is 5.82 Å². The van der Waals surface area contributed by atoms with E-state index in [4.69, 9.17) is 5.73 Å². The van der Waals surface area contributed by atoms with Gasteiger partial charge in [0, 0.05) is 12.7 Å². The second-order valence-electron chi connectivity index (χ2n) is 3.54. The summed E-state index contributed by atoms with van der Waals surface area (Å²) in [6, 6.07) is 3.08. The lowest BCUT2D eigenvalue weighted by Crippen LogP contribution is -2.17. The fraction of sp³-hybridized carbons (Fsp3) is 0.222. The topological polar surface area (TPSA) is 127 Å². The number of rotatable bonds is 4. The third-order valence-electron chi connectivity index (χ3n) is 2.23. The Morgan fingerprint density at radius 3 is 2.89 bits per heavy atom. The summed E-state index contributed by atoms with van der Waals surface area (Å²) in [4.78, 5) is 0.0515. The van der Waals surface area contributed by atoms with Crippen LogP contribution in [0.25, 0.3) is 0 Å². The number of nitrogens with zero attached hydrogens (tertiary/aromatic N) is 3. The van der Waals surface area contributed by atoms with Crippen LogP contribution < -0.4 is 10.5 Å². The van der Waals surface area contributed by atoms with Gasteiger partial charge in [0.25, 0.3) is 10.0 Å². The summed E-state index contributed by atoms with van der Waals surface area (Å²) in [5, 5.41) is 13.7. The van der Waals surface area contributed by atoms with Crippen LogP contribution in [0.1, 0.15) is 11.4 Å². The van der Waals surface area contributed by atoms with Gasteiger partial charge < -0.3 is 5.73 Å². The highest BCUT2D eigenvalue weighted by molar-refractivity contribution is 7.92. The van der Waals surface area contributed by atoms with Gasteiger partial charge in [-0.25, -0.2) is 8.42 Å². The van der Waals surface area contributed by atoms with Crippen LogP contribution in [0.2, 0.25) is 0 Å². The molecule has 0 aliphatic rings. The van der Waals surface area contributed by atoms with Crippen molar-refractivity contribution >= 4 is 15.8 Å². The van der Waals surface area contributed by atoms with Crippen LogP contribution in [0, 0.1) is 6.92 Å². The van der Waals surface area contributed by atoms with E-state index in [1.54, 1.807) is 13.0 Å². The maximum Gasteiger partial charge on any atom is 0.266 e. The van der Waals surface area contributed by atoms with E-state index in [1.807, 2.05) is 0 Å². The zero-order valence-corrected chi connectivity index (χ0v) is 10.4. The van der Waals surface area contributed by atoms with Crippen LogP contribution >= 0.6 is 0 Å². The molecule has 18 heavy (non-hydrogen) atoms. The van der Waals surface area contributed by atoms with Crippen LogP contribution in [0.15, 0.2) is 23.2 Å². The van der Waals surface area contributed by atoms with Crippen molar-refractivity contribution in [3.05, 3.63) is 29.7 Å². The summed E-state index contributed by atoms with van der Waals surface area (Å²) < 4.78 is 26.7. The van der Waals surface area contributed by atoms with Crippen molar-refractivity contribution < 1.29 is 8.42 Å². The van der Waals surface area contributed by atoms with E-state index in [0.29, 0.717) is 5.69 Å². The molecular formula is C9H12N6O2S. The first-order valence-corrected chi connectivity index (χ1v) is 6.57. The molecule has 0 aromatic carbocycles. The summed E-state index contributed by atoms with van der Waals surface area (Å²) in [6.07, 6.45) is 1.45. The van der Waals surface area contributed by atoms with Gasteiger partial charge in [-0.1, -0.05) is 0 Å². The Morgan fingerprint density at radius 2 is 2.28 bits per heavy atom. The minimum Gasteiger partial charge on any atom is -0.325 e. The van der Waals surface area contributed by atoms with Gasteiger partial charge in [-0.2, -0.15) is 10.2 Å². The largest absolute Gasteiger partial charge is 0.325 e. The van der Waals surface area contributed by atoms with E-state index in [-0.39, 0.29) is 23.0 Å². The third kappa shape index (κ3) is 2.31. The Bertz CT molecular complexity index is 636. The number of nitrogens with one attached hydrogen (secondary N) is 2. The van der Waals surface area contributed by atoms with Gasteiger partial charge in [-0.15, -0.1) is 5.10 Å². The highest BCUT2D eigenvalue weighted by atomic mass is 32.2. The van der Waals surface area contributed by atoms with Gasteiger partial charge in [0.1, 0.15) is 4.90 Å². The molecule has 2 aromatic rings. The molecule has 0 atom stereocenters. The van der Waals surface area contributed by atoms with E-state index in [9.17, 15) is 8.42 Å². The Labute approximate surface area is 104 Å². The molecule has 2 aromatic heterocycles. The zero-order valence-electron chi connectivity index (χ0n) is 9.58. The van der Waals surface area contributed by atoms with Gasteiger partial charge >= 0.3 is 0 Å². The smallest absolute Gasteiger partial charge is 0.266 e. The van der Waals surface area contributed by atoms with Crippen LogP contribution in [-0.4, -0.2) is 28.8 Å². The molecule has 0 fully saturated rings. The summed E-state index contributed by atoms with van der Waals surface area (Å²) >= 11 is 0. The minimum absolute atomic E-state index is 0.0288. The number of hydrogen-bond donors (Lipinski definition) is 3. The number of H-pyrrole nitrogens is 1. The lowest BCUT2D eigenvalue weighted by Gasteiger charge is -2.06. The van der Waals surface area contributed by atoms with E-state index in [0.717, 1.165) is 0 Å². The number of hydrogen-bond acceptors (Lipinski definition) is 6. The van der Waals surface area contributed by atoms with Gasteiger partial charge in [-0.05, 0) is 19.1 Å². The summed E-state index contributed by atoms with van der Waals surface area (Å²) in [7, 11) is -3.77. The molecule has 0 aliphatic carbocycles. The average Bonchev–Trinajstić information content (AvgIpc) is 2.72. The Hall–Kier alpha value is -2.00. The molecule has 0 saturated carbocycles. The third-order valence-corrected chi connectivity index (χ3v) is 3.79. The molecule has 2 rings (SSSR count). The van der Waals surface area contributed by atoms with Crippen molar-refractivity contribution in [3.63, 3.8) is 0 Å². The summed E-state index contributed by atoms with van der Waals surface area (Å²) in [5.74, 6) is 0.140. The number of anilines is 1. The number of aryl methyl sites for hydroxylation is 1. The van der Waals surface area contributed by atoms with Gasteiger partial charge in [0.15, 0.2) is 5.82 Å². The molecule has 0 aliphatic heterocycles. The molecule has 0 amide bonds. The van der Waals surface area contributed by atoms with Crippen molar-refractivity contribution in [1.29, 1.82) is 0 Å². The van der Waals surface area contributed by atoms with E-state index < -0.39 is 10.0 Å². The monoisotopic (exact) mass is 268 g/mol. The predicted octanol–water partition coefficient (Wildman–Crippen LogP) is -0.232. The second-order valence-corrected chi connectivity index (χ2v) is 5.16. The summed E-state index contributed by atoms with van der Waals surface area (Å²) in [5.41, 5.74) is 6.16. The quantitative estimate of drug-likeness (QED) is 0.702. The lowest BCUT2D eigenvalue weighted by molar-refractivity contribution is 0.599. The number of aromatic nitrogens is 4. The zero-order chi connectivity index (χ0) is 13.2. The van der Waals surface area contributed by atoms with Crippen LogP contribution in [-0.2, 0) is 16.6 Å². The molecule has 0 spiro atoms. The fourth-order valence-corrected chi connectivity index (χ4v) is 2.88. The minimum atomic E-state index is -3.77. The van der Waals surface area contributed by atoms with Crippen LogP contribution in [0.5, 0.6) is 0 Å². The molecule has 8 nitrogen and oxygen atoms in total. The van der Waals surface area contributed by atoms with Gasteiger partial charge in [0.05, 0.1) is 11.4 Å². The molecule has 4 N–H and O–H groups in total. The predicted molar refractivity (Wildman–Crippen MR) is 64.1 cm³/mol. The normalized spacial score (nSPS) is 11.4. The van der Waals surface area contributed by atoms with Gasteiger partial charge in [0.2, 0.25) is 0 Å². The van der Waals surface area contributed by atoms with Gasteiger partial charge in [-0.3, -0.25) is 9.82 Å². The molecule has 0 unspecified atom stereocenters. The first-order valence-electron chi connectivity index (χ1n) is 5.09. The molecule has 9 heteroatoms. The fourth-order valence-electron chi connectivity index (χ4n) is 1.51. The number of sulfonamides is 1. The first-order chi connectivity index (χ1) is 8.54. The molecule has 0 saturated heterocycles. The summed E-state index contributed by atoms with van der Waals surface area (Å²) in [6.45, 7) is 1.64. The van der Waals surface area contributed by atoms with Crippen molar-refractivity contribution in [2.75, 3.05) is 4.72 Å². The number of aromatic amines is 1. The molecule has 96 valence electrons. The molecule has 2 heterocycles. The van der Waals surface area contributed by atoms with E-state index in [2.05, 4.69) is 25.1 Å². The van der Waals surface area contributed by atoms with Crippen LogP contribution in [0.3, 0.4) is 0 Å². The van der Waals surface area contributed by atoms with Crippen molar-refractivity contribution in [3.8, 4) is 0 Å². The molecular weight excluding hydrogens is 256 g/mol. The maximum absolute atomic E-state index is 12.2. The second kappa shape index (κ2) is 4.70. The number of nitrogens with two attached hydrogens (primary N) is 1. The van der Waals surface area contributed by atoms with E-state index >= 15 is 0 Å². The highest BCUT2D eigenvalue weighted by Crippen LogP contribution is 2.19. The average molecular weight is 268 g/mol. The maximum atomic E-state index is 12.2. The lowest BCUT2D eigenvalue weighted by atomic mass is 10.4. The van der Waals surface area contributed by atoms with Crippen molar-refractivity contribution in [2.24, 2.45) is 5.73 Å². The Kier molecular flexibility index (Phi) is 3.26. The van der Waals surface area contributed by atoms with E-state index in [1.165, 1.54) is 12.3 Å². The molecule has 0 radical (unpaired) electrons. The molecule has 0 bridgehead atoms. The Balaban J connectivity index is 2.40. The van der Waals surface area contributed by atoms with Crippen molar-refractivity contribution in [1.82, 2.24) is 20.4 Å².